The molecule has 0 aliphatic heterocycles. The number of nitrogens with one attached hydrogen (secondary N) is 1. The number of H-pyrrole nitrogens is 1. The molecular weight excluding hydrogens is 190 g/mol. The topological polar surface area (TPSA) is 93.1 Å². The van der Waals surface area contributed by atoms with E-state index in [0.717, 1.165) is 11.3 Å². The van der Waals surface area contributed by atoms with E-state index in [1.54, 1.807) is 6.07 Å². The molecule has 0 bridgehead atoms. The van der Waals surface area contributed by atoms with Crippen LogP contribution in [0.3, 0.4) is 0 Å². The van der Waals surface area contributed by atoms with Crippen LogP contribution in [0.4, 0.5) is 5.82 Å². The van der Waals surface area contributed by atoms with Gasteiger partial charge in [-0.1, -0.05) is 30.3 Å². The van der Waals surface area contributed by atoms with Gasteiger partial charge in [0.1, 0.15) is 0 Å². The zero-order valence-corrected chi connectivity index (χ0v) is 8.01. The van der Waals surface area contributed by atoms with Crippen molar-refractivity contribution < 1.29 is 0 Å². The van der Waals surface area contributed by atoms with Crippen molar-refractivity contribution in [2.24, 2.45) is 16.5 Å². The van der Waals surface area contributed by atoms with E-state index in [1.165, 1.54) is 0 Å². The zero-order chi connectivity index (χ0) is 10.7. The first-order chi connectivity index (χ1) is 7.25. The third-order valence-corrected chi connectivity index (χ3v) is 1.89. The maximum absolute atomic E-state index is 5.25. The Kier molecular flexibility index (Phi) is 2.37. The number of aliphatic imine (C=N–C) groups is 1. The molecule has 0 atom stereocenters. The summed E-state index contributed by atoms with van der Waals surface area (Å²) >= 11 is 0. The van der Waals surface area contributed by atoms with Gasteiger partial charge in [0.25, 0.3) is 0 Å². The Morgan fingerprint density at radius 2 is 1.93 bits per heavy atom. The second-order valence-electron chi connectivity index (χ2n) is 3.04. The first-order valence-corrected chi connectivity index (χ1v) is 4.46. The first kappa shape index (κ1) is 9.26. The van der Waals surface area contributed by atoms with Gasteiger partial charge in [-0.15, -0.1) is 0 Å². The summed E-state index contributed by atoms with van der Waals surface area (Å²) in [5.74, 6) is 0.481. The number of rotatable bonds is 2. The van der Waals surface area contributed by atoms with Crippen LogP contribution in [-0.2, 0) is 0 Å². The fourth-order valence-corrected chi connectivity index (χ4v) is 1.27. The molecule has 0 unspecified atom stereocenters. The monoisotopic (exact) mass is 201 g/mol. The lowest BCUT2D eigenvalue weighted by Gasteiger charge is -1.93. The highest BCUT2D eigenvalue weighted by Crippen LogP contribution is 2.20. The highest BCUT2D eigenvalue weighted by atomic mass is 15.2. The average molecular weight is 201 g/mol. The molecule has 0 aliphatic carbocycles. The Morgan fingerprint density at radius 3 is 2.60 bits per heavy atom. The largest absolute Gasteiger partial charge is 0.370 e. The molecule has 0 fully saturated rings. The van der Waals surface area contributed by atoms with Crippen LogP contribution in [0.5, 0.6) is 0 Å². The third kappa shape index (κ3) is 2.14. The van der Waals surface area contributed by atoms with Gasteiger partial charge >= 0.3 is 0 Å². The fourth-order valence-electron chi connectivity index (χ4n) is 1.27. The van der Waals surface area contributed by atoms with Crippen LogP contribution in [0.2, 0.25) is 0 Å². The Hall–Kier alpha value is -2.30. The number of nitrogens with zero attached hydrogens (tertiary/aromatic N) is 2. The van der Waals surface area contributed by atoms with E-state index in [-0.39, 0.29) is 5.96 Å². The second-order valence-corrected chi connectivity index (χ2v) is 3.04. The van der Waals surface area contributed by atoms with Crippen LogP contribution in [0.25, 0.3) is 11.3 Å². The smallest absolute Gasteiger partial charge is 0.192 e. The average Bonchev–Trinajstić information content (AvgIpc) is 2.67. The van der Waals surface area contributed by atoms with Crippen LogP contribution < -0.4 is 11.5 Å². The molecule has 15 heavy (non-hydrogen) atoms. The molecule has 5 N–H and O–H groups in total. The molecule has 0 saturated heterocycles. The Balaban J connectivity index is 2.32. The van der Waals surface area contributed by atoms with Crippen LogP contribution in [0.15, 0.2) is 41.4 Å². The number of benzene rings is 1. The van der Waals surface area contributed by atoms with Crippen molar-refractivity contribution in [2.75, 3.05) is 0 Å². The molecule has 1 aromatic carbocycles. The highest BCUT2D eigenvalue weighted by Gasteiger charge is 2.01. The molecule has 2 rings (SSSR count). The van der Waals surface area contributed by atoms with Crippen molar-refractivity contribution in [3.63, 3.8) is 0 Å². The SMILES string of the molecule is NC(N)=Nc1cc(-c2ccccc2)[nH]n1. The minimum atomic E-state index is 0.00103. The van der Waals surface area contributed by atoms with Gasteiger partial charge < -0.3 is 11.5 Å². The lowest BCUT2D eigenvalue weighted by Crippen LogP contribution is -2.21. The lowest BCUT2D eigenvalue weighted by atomic mass is 10.2. The number of nitrogens with two attached hydrogens (primary N) is 2. The predicted octanol–water partition coefficient (Wildman–Crippen LogP) is 0.982. The summed E-state index contributed by atoms with van der Waals surface area (Å²) in [7, 11) is 0. The van der Waals surface area contributed by atoms with Crippen molar-refractivity contribution in [1.82, 2.24) is 10.2 Å². The van der Waals surface area contributed by atoms with Crippen molar-refractivity contribution in [3.05, 3.63) is 36.4 Å². The summed E-state index contributed by atoms with van der Waals surface area (Å²) < 4.78 is 0. The molecule has 0 radical (unpaired) electrons. The van der Waals surface area contributed by atoms with Crippen molar-refractivity contribution in [2.45, 2.75) is 0 Å². The maximum Gasteiger partial charge on any atom is 0.192 e. The molecular formula is C10H11N5. The van der Waals surface area contributed by atoms with E-state index in [2.05, 4.69) is 15.2 Å². The van der Waals surface area contributed by atoms with Crippen LogP contribution in [-0.4, -0.2) is 16.2 Å². The van der Waals surface area contributed by atoms with E-state index in [4.69, 9.17) is 11.5 Å². The van der Waals surface area contributed by atoms with Gasteiger partial charge in [0, 0.05) is 6.07 Å². The molecule has 0 spiro atoms. The number of hydrogen-bond donors (Lipinski definition) is 3. The van der Waals surface area contributed by atoms with Crippen LogP contribution in [0, 0.1) is 0 Å². The molecule has 76 valence electrons. The molecule has 0 aliphatic rings. The van der Waals surface area contributed by atoms with Crippen LogP contribution in [0.1, 0.15) is 0 Å². The van der Waals surface area contributed by atoms with Gasteiger partial charge in [-0.2, -0.15) is 10.1 Å². The molecule has 2 aromatic rings. The van der Waals surface area contributed by atoms with E-state index < -0.39 is 0 Å². The molecule has 5 nitrogen and oxygen atoms in total. The summed E-state index contributed by atoms with van der Waals surface area (Å²) in [4.78, 5) is 3.84. The lowest BCUT2D eigenvalue weighted by molar-refractivity contribution is 1.08. The normalized spacial score (nSPS) is 9.87. The Bertz CT molecular complexity index is 468. The highest BCUT2D eigenvalue weighted by molar-refractivity contribution is 5.78. The third-order valence-electron chi connectivity index (χ3n) is 1.89. The van der Waals surface area contributed by atoms with E-state index >= 15 is 0 Å². The van der Waals surface area contributed by atoms with Gasteiger partial charge in [0.05, 0.1) is 5.69 Å². The first-order valence-electron chi connectivity index (χ1n) is 4.46. The molecule has 5 heteroatoms. The van der Waals surface area contributed by atoms with Gasteiger partial charge in [0.2, 0.25) is 0 Å². The number of aromatic nitrogens is 2. The van der Waals surface area contributed by atoms with Crippen molar-refractivity contribution >= 4 is 11.8 Å². The Labute approximate surface area is 86.8 Å². The summed E-state index contributed by atoms with van der Waals surface area (Å²) in [6.07, 6.45) is 0. The summed E-state index contributed by atoms with van der Waals surface area (Å²) in [5.41, 5.74) is 12.4. The number of hydrogen-bond acceptors (Lipinski definition) is 2. The minimum Gasteiger partial charge on any atom is -0.370 e. The standard InChI is InChI=1S/C10H11N5/c11-10(12)13-9-6-8(14-15-9)7-4-2-1-3-5-7/h1-6H,(H5,11,12,13,14,15). The maximum atomic E-state index is 5.25. The van der Waals surface area contributed by atoms with Crippen molar-refractivity contribution in [3.8, 4) is 11.3 Å². The summed E-state index contributed by atoms with van der Waals surface area (Å²) in [6.45, 7) is 0. The minimum absolute atomic E-state index is 0.00103. The van der Waals surface area contributed by atoms with E-state index in [9.17, 15) is 0 Å². The van der Waals surface area contributed by atoms with Gasteiger partial charge in [-0.05, 0) is 5.56 Å². The van der Waals surface area contributed by atoms with Gasteiger partial charge in [0.15, 0.2) is 11.8 Å². The number of aromatic amines is 1. The van der Waals surface area contributed by atoms with Crippen LogP contribution >= 0.6 is 0 Å². The van der Waals surface area contributed by atoms with Gasteiger partial charge in [-0.25, -0.2) is 0 Å². The fraction of sp³-hybridized carbons (Fsp3) is 0. The summed E-state index contributed by atoms with van der Waals surface area (Å²) in [5, 5.41) is 6.82. The second kappa shape index (κ2) is 3.83. The zero-order valence-electron chi connectivity index (χ0n) is 8.01. The van der Waals surface area contributed by atoms with Crippen molar-refractivity contribution in [1.29, 1.82) is 0 Å². The predicted molar refractivity (Wildman–Crippen MR) is 59.5 cm³/mol. The van der Waals surface area contributed by atoms with E-state index in [1.807, 2.05) is 30.3 Å². The molecule has 0 amide bonds. The van der Waals surface area contributed by atoms with E-state index in [0.29, 0.717) is 5.82 Å². The molecule has 0 saturated carbocycles. The molecule has 1 heterocycles. The Morgan fingerprint density at radius 1 is 1.20 bits per heavy atom. The number of guanidine groups is 1. The summed E-state index contributed by atoms with van der Waals surface area (Å²) in [6, 6.07) is 11.6. The quantitative estimate of drug-likeness (QED) is 0.499. The molecule has 1 aromatic heterocycles. The van der Waals surface area contributed by atoms with Gasteiger partial charge in [-0.3, -0.25) is 5.10 Å².